The van der Waals surface area contributed by atoms with Crippen LogP contribution in [0.5, 0.6) is 0 Å². The lowest BCUT2D eigenvalue weighted by Crippen LogP contribution is -3.18. The van der Waals surface area contributed by atoms with Crippen LogP contribution in [-0.4, -0.2) is 43.5 Å². The van der Waals surface area contributed by atoms with Crippen LogP contribution in [0, 0.1) is 5.92 Å². The molecule has 0 atom stereocenters. The van der Waals surface area contributed by atoms with Gasteiger partial charge in [-0.25, -0.2) is 0 Å². The lowest BCUT2D eigenvalue weighted by molar-refractivity contribution is -0.930. The highest BCUT2D eigenvalue weighted by molar-refractivity contribution is 5.46. The van der Waals surface area contributed by atoms with Crippen LogP contribution in [0.3, 0.4) is 0 Å². The first-order valence-corrected chi connectivity index (χ1v) is 6.33. The van der Waals surface area contributed by atoms with E-state index in [4.69, 9.17) is 0 Å². The lowest BCUT2D eigenvalue weighted by atomic mass is 9.86. The summed E-state index contributed by atoms with van der Waals surface area (Å²) in [5, 5.41) is 0. The molecule has 0 aromatic rings. The van der Waals surface area contributed by atoms with Crippen molar-refractivity contribution in [3.05, 3.63) is 0 Å². The largest absolute Gasteiger partial charge is 0.334 e. The predicted octanol–water partition coefficient (Wildman–Crippen LogP) is -0.0780. The third kappa shape index (κ3) is 2.71. The fourth-order valence-corrected chi connectivity index (χ4v) is 2.99. The second-order valence-corrected chi connectivity index (χ2v) is 5.26. The highest BCUT2D eigenvalue weighted by Crippen LogP contribution is 2.22. The van der Waals surface area contributed by atoms with Gasteiger partial charge in [-0.15, -0.1) is 0 Å². The van der Waals surface area contributed by atoms with Gasteiger partial charge in [0.25, 0.3) is 0 Å². The third-order valence-corrected chi connectivity index (χ3v) is 4.18. The van der Waals surface area contributed by atoms with Gasteiger partial charge in [0.15, 0.2) is 0 Å². The molecule has 1 heterocycles. The van der Waals surface area contributed by atoms with Crippen LogP contribution in [0.15, 0.2) is 0 Å². The van der Waals surface area contributed by atoms with E-state index in [1.807, 2.05) is 4.90 Å². The predicted molar refractivity (Wildman–Crippen MR) is 59.8 cm³/mol. The van der Waals surface area contributed by atoms with E-state index in [2.05, 4.69) is 6.92 Å². The van der Waals surface area contributed by atoms with Crippen molar-refractivity contribution in [1.29, 1.82) is 0 Å². The van der Waals surface area contributed by atoms with Crippen molar-refractivity contribution < 1.29 is 9.69 Å². The summed E-state index contributed by atoms with van der Waals surface area (Å²) in [5.41, 5.74) is 0. The van der Waals surface area contributed by atoms with Crippen molar-refractivity contribution in [2.45, 2.75) is 38.6 Å². The molecule has 86 valence electrons. The van der Waals surface area contributed by atoms with E-state index in [0.717, 1.165) is 44.5 Å². The molecule has 1 aliphatic carbocycles. The Balaban J connectivity index is 1.78. The summed E-state index contributed by atoms with van der Waals surface area (Å²) in [5.74, 6) is 0.942. The maximum Gasteiger partial charge on any atom is 0.210 e. The zero-order valence-electron chi connectivity index (χ0n) is 9.74. The molecular weight excluding hydrogens is 188 g/mol. The van der Waals surface area contributed by atoms with Crippen LogP contribution in [0.2, 0.25) is 0 Å². The molecule has 3 heteroatoms. The van der Waals surface area contributed by atoms with Crippen LogP contribution in [0.4, 0.5) is 0 Å². The number of amides is 1. The van der Waals surface area contributed by atoms with Gasteiger partial charge < -0.3 is 9.80 Å². The minimum atomic E-state index is 0.884. The molecule has 1 saturated heterocycles. The van der Waals surface area contributed by atoms with Gasteiger partial charge >= 0.3 is 0 Å². The highest BCUT2D eigenvalue weighted by atomic mass is 16.1. The standard InChI is InChI=1S/C12H22N2O/c1-11-2-4-12(5-3-11)14-8-6-13(10-15)7-9-14/h10-12H,2-9H2,1H3/p+1. The summed E-state index contributed by atoms with van der Waals surface area (Å²) in [7, 11) is 0. The third-order valence-electron chi connectivity index (χ3n) is 4.18. The number of hydrogen-bond donors (Lipinski definition) is 1. The molecule has 15 heavy (non-hydrogen) atoms. The van der Waals surface area contributed by atoms with Crippen molar-refractivity contribution in [2.24, 2.45) is 5.92 Å². The van der Waals surface area contributed by atoms with E-state index in [1.54, 1.807) is 4.90 Å². The minimum absolute atomic E-state index is 0.884. The van der Waals surface area contributed by atoms with Gasteiger partial charge in [0.2, 0.25) is 6.41 Å². The molecular formula is C12H23N2O+. The Bertz CT molecular complexity index is 204. The van der Waals surface area contributed by atoms with E-state index in [1.165, 1.54) is 25.7 Å². The molecule has 2 fully saturated rings. The molecule has 2 rings (SSSR count). The fourth-order valence-electron chi connectivity index (χ4n) is 2.99. The molecule has 1 N–H and O–H groups in total. The first-order chi connectivity index (χ1) is 7.29. The van der Waals surface area contributed by atoms with Gasteiger partial charge in [0.1, 0.15) is 0 Å². The van der Waals surface area contributed by atoms with Crippen molar-refractivity contribution in [3.63, 3.8) is 0 Å². The van der Waals surface area contributed by atoms with Crippen molar-refractivity contribution in [2.75, 3.05) is 26.2 Å². The average molecular weight is 211 g/mol. The molecule has 1 saturated carbocycles. The Morgan fingerprint density at radius 2 is 1.73 bits per heavy atom. The van der Waals surface area contributed by atoms with Gasteiger partial charge in [0, 0.05) is 0 Å². The smallest absolute Gasteiger partial charge is 0.210 e. The van der Waals surface area contributed by atoms with Crippen LogP contribution in [-0.2, 0) is 4.79 Å². The Hall–Kier alpha value is -0.570. The average Bonchev–Trinajstić information content (AvgIpc) is 2.30. The number of carbonyl (C=O) groups excluding carboxylic acids is 1. The molecule has 0 unspecified atom stereocenters. The number of nitrogens with zero attached hydrogens (tertiary/aromatic N) is 1. The molecule has 0 bridgehead atoms. The van der Waals surface area contributed by atoms with Crippen molar-refractivity contribution in [1.82, 2.24) is 4.90 Å². The zero-order chi connectivity index (χ0) is 10.7. The molecule has 1 amide bonds. The maximum absolute atomic E-state index is 10.6. The molecule has 0 aromatic heterocycles. The van der Waals surface area contributed by atoms with Crippen molar-refractivity contribution in [3.8, 4) is 0 Å². The lowest BCUT2D eigenvalue weighted by Gasteiger charge is -2.37. The summed E-state index contributed by atoms with van der Waals surface area (Å²) in [6.45, 7) is 6.63. The monoisotopic (exact) mass is 211 g/mol. The number of piperazine rings is 1. The summed E-state index contributed by atoms with van der Waals surface area (Å²) in [6.07, 6.45) is 6.62. The summed E-state index contributed by atoms with van der Waals surface area (Å²) in [6, 6.07) is 0.884. The molecule has 3 nitrogen and oxygen atoms in total. The van der Waals surface area contributed by atoms with Crippen molar-refractivity contribution >= 4 is 6.41 Å². The molecule has 2 aliphatic rings. The number of quaternary nitrogens is 1. The Morgan fingerprint density at radius 1 is 1.13 bits per heavy atom. The first kappa shape index (κ1) is 10.9. The van der Waals surface area contributed by atoms with E-state index >= 15 is 0 Å². The topological polar surface area (TPSA) is 24.8 Å². The Labute approximate surface area is 92.4 Å². The SMILES string of the molecule is CC1CCC([NH+]2CCN(C=O)CC2)CC1. The number of rotatable bonds is 2. The van der Waals surface area contributed by atoms with Crippen LogP contribution >= 0.6 is 0 Å². The summed E-state index contributed by atoms with van der Waals surface area (Å²) < 4.78 is 0. The summed E-state index contributed by atoms with van der Waals surface area (Å²) >= 11 is 0. The first-order valence-electron chi connectivity index (χ1n) is 6.33. The Morgan fingerprint density at radius 3 is 2.27 bits per heavy atom. The number of nitrogens with one attached hydrogen (secondary N) is 1. The summed E-state index contributed by atoms with van der Waals surface area (Å²) in [4.78, 5) is 14.3. The van der Waals surface area contributed by atoms with Gasteiger partial charge in [-0.1, -0.05) is 6.92 Å². The second kappa shape index (κ2) is 4.97. The highest BCUT2D eigenvalue weighted by Gasteiger charge is 2.29. The zero-order valence-corrected chi connectivity index (χ0v) is 9.74. The molecule has 0 aromatic carbocycles. The van der Waals surface area contributed by atoms with Gasteiger partial charge in [0.05, 0.1) is 32.2 Å². The van der Waals surface area contributed by atoms with Crippen LogP contribution in [0.25, 0.3) is 0 Å². The maximum atomic E-state index is 10.6. The number of carbonyl (C=O) groups is 1. The van der Waals surface area contributed by atoms with Crippen LogP contribution in [0.1, 0.15) is 32.6 Å². The Kier molecular flexibility index (Phi) is 3.62. The van der Waals surface area contributed by atoms with Gasteiger partial charge in [-0.05, 0) is 31.6 Å². The van der Waals surface area contributed by atoms with Crippen LogP contribution < -0.4 is 4.90 Å². The minimum Gasteiger partial charge on any atom is -0.334 e. The van der Waals surface area contributed by atoms with E-state index in [9.17, 15) is 4.79 Å². The normalized spacial score (nSPS) is 34.1. The van der Waals surface area contributed by atoms with E-state index in [-0.39, 0.29) is 0 Å². The second-order valence-electron chi connectivity index (χ2n) is 5.26. The molecule has 0 spiro atoms. The van der Waals surface area contributed by atoms with Gasteiger partial charge in [-0.2, -0.15) is 0 Å². The van der Waals surface area contributed by atoms with Gasteiger partial charge in [-0.3, -0.25) is 4.79 Å². The molecule has 0 radical (unpaired) electrons. The fraction of sp³-hybridized carbons (Fsp3) is 0.917. The quantitative estimate of drug-likeness (QED) is 0.635. The number of hydrogen-bond acceptors (Lipinski definition) is 1. The van der Waals surface area contributed by atoms with E-state index in [0.29, 0.717) is 0 Å². The van der Waals surface area contributed by atoms with E-state index < -0.39 is 0 Å². The molecule has 1 aliphatic heterocycles.